The molecule has 0 aromatic heterocycles. The summed E-state index contributed by atoms with van der Waals surface area (Å²) in [6.07, 6.45) is 24.1. The summed E-state index contributed by atoms with van der Waals surface area (Å²) in [7, 11) is 0. The Hall–Kier alpha value is -0.570. The first-order valence-corrected chi connectivity index (χ1v) is 13.6. The maximum atomic E-state index is 10.3. The second-order valence-corrected chi connectivity index (χ2v) is 8.94. The number of nitrogens with zero attached hydrogens (tertiary/aromatic N) is 1. The highest BCUT2D eigenvalue weighted by atomic mass is 16.4. The van der Waals surface area contributed by atoms with Gasteiger partial charge < -0.3 is 10.0 Å². The smallest absolute Gasteiger partial charge is 0.303 e. The van der Waals surface area contributed by atoms with Crippen LogP contribution in [0.2, 0.25) is 0 Å². The van der Waals surface area contributed by atoms with E-state index in [2.05, 4.69) is 32.6 Å². The predicted octanol–water partition coefficient (Wildman–Crippen LogP) is 8.85. The van der Waals surface area contributed by atoms with Crippen LogP contribution in [0.1, 0.15) is 150 Å². The maximum absolute atomic E-state index is 10.3. The summed E-state index contributed by atoms with van der Waals surface area (Å²) in [4.78, 5) is 12.9. The number of rotatable bonds is 22. The van der Waals surface area contributed by atoms with Gasteiger partial charge in [-0.15, -0.1) is 0 Å². The Balaban J connectivity index is 0. The van der Waals surface area contributed by atoms with E-state index < -0.39 is 5.97 Å². The molecule has 0 saturated heterocycles. The van der Waals surface area contributed by atoms with Crippen molar-refractivity contribution in [2.75, 3.05) is 19.6 Å². The van der Waals surface area contributed by atoms with Gasteiger partial charge >= 0.3 is 5.97 Å². The van der Waals surface area contributed by atoms with Crippen LogP contribution in [0.15, 0.2) is 0 Å². The van der Waals surface area contributed by atoms with Crippen LogP contribution in [0, 0.1) is 0 Å². The van der Waals surface area contributed by atoms with Gasteiger partial charge in [0.25, 0.3) is 0 Å². The highest BCUT2D eigenvalue weighted by Crippen LogP contribution is 2.13. The quantitative estimate of drug-likeness (QED) is 0.175. The Morgan fingerprint density at radius 2 is 0.800 bits per heavy atom. The molecule has 0 aromatic rings. The predicted molar refractivity (Wildman–Crippen MR) is 134 cm³/mol. The lowest BCUT2D eigenvalue weighted by Gasteiger charge is -2.19. The van der Waals surface area contributed by atoms with Gasteiger partial charge in [0.15, 0.2) is 0 Å². The van der Waals surface area contributed by atoms with Gasteiger partial charge in [0, 0.05) is 6.42 Å². The highest BCUT2D eigenvalue weighted by molar-refractivity contribution is 5.66. The second-order valence-electron chi connectivity index (χ2n) is 8.94. The van der Waals surface area contributed by atoms with E-state index in [1.54, 1.807) is 0 Å². The van der Waals surface area contributed by atoms with E-state index >= 15 is 0 Å². The van der Waals surface area contributed by atoms with Crippen molar-refractivity contribution in [1.82, 2.24) is 4.90 Å². The van der Waals surface area contributed by atoms with Gasteiger partial charge in [0.1, 0.15) is 0 Å². The van der Waals surface area contributed by atoms with Crippen LogP contribution in [0.25, 0.3) is 0 Å². The van der Waals surface area contributed by atoms with Crippen molar-refractivity contribution in [3.63, 3.8) is 0 Å². The minimum absolute atomic E-state index is 0.345. The Bertz CT molecular complexity index is 306. The van der Waals surface area contributed by atoms with Crippen LogP contribution < -0.4 is 0 Å². The largest absolute Gasteiger partial charge is 0.481 e. The summed E-state index contributed by atoms with van der Waals surface area (Å²) >= 11 is 0. The molecule has 0 unspecified atom stereocenters. The molecule has 3 heteroatoms. The van der Waals surface area contributed by atoms with Gasteiger partial charge in [-0.05, 0) is 45.3 Å². The topological polar surface area (TPSA) is 40.5 Å². The highest BCUT2D eigenvalue weighted by Gasteiger charge is 1.98. The Morgan fingerprint density at radius 1 is 0.500 bits per heavy atom. The van der Waals surface area contributed by atoms with Crippen LogP contribution >= 0.6 is 0 Å². The molecule has 0 aliphatic rings. The van der Waals surface area contributed by atoms with E-state index in [9.17, 15) is 4.79 Å². The standard InChI is InChI=1S/C18H36O2.C9H21N/c1-2-3-4-5-6-7-8-9-10-11-12-13-14-15-16-17-18(19)20;1-4-7-10(8-5-2)9-6-3/h2-17H2,1H3,(H,19,20);4-9H2,1-3H3. The van der Waals surface area contributed by atoms with E-state index in [0.717, 1.165) is 12.8 Å². The summed E-state index contributed by atoms with van der Waals surface area (Å²) in [6.45, 7) is 12.9. The molecule has 0 heterocycles. The van der Waals surface area contributed by atoms with Gasteiger partial charge in [0.05, 0.1) is 0 Å². The van der Waals surface area contributed by atoms with Crippen LogP contribution in [-0.4, -0.2) is 35.6 Å². The van der Waals surface area contributed by atoms with Crippen molar-refractivity contribution in [3.8, 4) is 0 Å². The van der Waals surface area contributed by atoms with E-state index in [1.165, 1.54) is 122 Å². The monoisotopic (exact) mass is 427 g/mol. The average molecular weight is 428 g/mol. The van der Waals surface area contributed by atoms with Gasteiger partial charge in [0.2, 0.25) is 0 Å². The molecule has 1 N–H and O–H groups in total. The molecule has 30 heavy (non-hydrogen) atoms. The zero-order valence-electron chi connectivity index (χ0n) is 21.4. The number of hydrogen-bond donors (Lipinski definition) is 1. The number of carboxylic acid groups (broad SMARTS) is 1. The van der Waals surface area contributed by atoms with Gasteiger partial charge in [-0.25, -0.2) is 0 Å². The summed E-state index contributed by atoms with van der Waals surface area (Å²) in [6, 6.07) is 0. The van der Waals surface area contributed by atoms with Crippen molar-refractivity contribution in [2.24, 2.45) is 0 Å². The Morgan fingerprint density at radius 3 is 1.07 bits per heavy atom. The van der Waals surface area contributed by atoms with Crippen LogP contribution in [-0.2, 0) is 4.79 Å². The molecule has 182 valence electrons. The molecular formula is C27H57NO2. The van der Waals surface area contributed by atoms with Gasteiger partial charge in [-0.3, -0.25) is 4.79 Å². The molecule has 0 bridgehead atoms. The molecule has 0 amide bonds. The molecule has 0 spiro atoms. The van der Waals surface area contributed by atoms with E-state index in [0.29, 0.717) is 6.42 Å². The van der Waals surface area contributed by atoms with Crippen molar-refractivity contribution in [3.05, 3.63) is 0 Å². The zero-order chi connectivity index (χ0) is 22.7. The summed E-state index contributed by atoms with van der Waals surface area (Å²) in [5, 5.41) is 8.52. The lowest BCUT2D eigenvalue weighted by molar-refractivity contribution is -0.137. The van der Waals surface area contributed by atoms with Gasteiger partial charge in [-0.2, -0.15) is 0 Å². The number of unbranched alkanes of at least 4 members (excludes halogenated alkanes) is 14. The first-order chi connectivity index (χ1) is 14.6. The number of carboxylic acids is 1. The van der Waals surface area contributed by atoms with Crippen LogP contribution in [0.4, 0.5) is 0 Å². The third-order valence-corrected chi connectivity index (χ3v) is 5.61. The Kier molecular flexibility index (Phi) is 30.0. The normalized spacial score (nSPS) is 10.8. The van der Waals surface area contributed by atoms with Crippen molar-refractivity contribution in [2.45, 2.75) is 150 Å². The molecule has 0 aliphatic heterocycles. The summed E-state index contributed by atoms with van der Waals surface area (Å²) in [5.74, 6) is -0.653. The zero-order valence-corrected chi connectivity index (χ0v) is 21.4. The van der Waals surface area contributed by atoms with E-state index in [-0.39, 0.29) is 0 Å². The fraction of sp³-hybridized carbons (Fsp3) is 0.963. The first-order valence-electron chi connectivity index (χ1n) is 13.6. The first kappa shape index (κ1) is 31.6. The van der Waals surface area contributed by atoms with Crippen LogP contribution in [0.5, 0.6) is 0 Å². The molecule has 0 rings (SSSR count). The van der Waals surface area contributed by atoms with E-state index in [4.69, 9.17) is 5.11 Å². The van der Waals surface area contributed by atoms with Crippen LogP contribution in [0.3, 0.4) is 0 Å². The maximum Gasteiger partial charge on any atom is 0.303 e. The Labute approximate surface area is 190 Å². The fourth-order valence-electron chi connectivity index (χ4n) is 3.93. The second kappa shape index (κ2) is 28.4. The van der Waals surface area contributed by atoms with Crippen molar-refractivity contribution < 1.29 is 9.90 Å². The van der Waals surface area contributed by atoms with Crippen molar-refractivity contribution in [1.29, 1.82) is 0 Å². The fourth-order valence-corrected chi connectivity index (χ4v) is 3.93. The number of carbonyl (C=O) groups is 1. The van der Waals surface area contributed by atoms with Gasteiger partial charge in [-0.1, -0.05) is 118 Å². The van der Waals surface area contributed by atoms with E-state index in [1.807, 2.05) is 0 Å². The minimum atomic E-state index is -0.653. The summed E-state index contributed by atoms with van der Waals surface area (Å²) < 4.78 is 0. The number of aliphatic carboxylic acids is 1. The third kappa shape index (κ3) is 29.6. The molecular weight excluding hydrogens is 370 g/mol. The third-order valence-electron chi connectivity index (χ3n) is 5.61. The SMILES string of the molecule is CCCCCCCCCCCCCCCCCC(=O)O.CCCN(CCC)CCC. The minimum Gasteiger partial charge on any atom is -0.481 e. The molecule has 0 aliphatic carbocycles. The summed E-state index contributed by atoms with van der Waals surface area (Å²) in [5.41, 5.74) is 0. The molecule has 0 fully saturated rings. The molecule has 0 saturated carbocycles. The molecule has 0 aromatic carbocycles. The molecule has 0 atom stereocenters. The molecule has 0 radical (unpaired) electrons. The molecule has 3 nitrogen and oxygen atoms in total. The van der Waals surface area contributed by atoms with Crippen molar-refractivity contribution >= 4 is 5.97 Å². The average Bonchev–Trinajstić information content (AvgIpc) is 2.72. The lowest BCUT2D eigenvalue weighted by atomic mass is 10.0. The lowest BCUT2D eigenvalue weighted by Crippen LogP contribution is -2.25. The number of hydrogen-bond acceptors (Lipinski definition) is 2.